The highest BCUT2D eigenvalue weighted by molar-refractivity contribution is 7.89. The van der Waals surface area contributed by atoms with Gasteiger partial charge < -0.3 is 5.32 Å². The van der Waals surface area contributed by atoms with E-state index in [-0.39, 0.29) is 11.7 Å². The number of carbonyl (C=O) groups excluding carboxylic acids is 1. The Labute approximate surface area is 83.8 Å². The van der Waals surface area contributed by atoms with Crippen molar-refractivity contribution in [1.82, 2.24) is 9.62 Å². The fraction of sp³-hybridized carbons (Fsp3) is 0.625. The minimum Gasteiger partial charge on any atom is -0.353 e. The van der Waals surface area contributed by atoms with Gasteiger partial charge in [-0.1, -0.05) is 6.08 Å². The number of rotatable bonds is 3. The first-order chi connectivity index (χ1) is 6.49. The highest BCUT2D eigenvalue weighted by atomic mass is 32.2. The molecule has 0 aromatic rings. The first kappa shape index (κ1) is 11.2. The summed E-state index contributed by atoms with van der Waals surface area (Å²) in [5, 5.41) is 2.61. The molecule has 0 radical (unpaired) electrons. The lowest BCUT2D eigenvalue weighted by atomic mass is 10.2. The zero-order valence-electron chi connectivity index (χ0n) is 8.06. The SMILES string of the molecule is C=CCS(=O)(=O)N1CCNC(=O)C1C. The van der Waals surface area contributed by atoms with Gasteiger partial charge >= 0.3 is 0 Å². The third-order valence-corrected chi connectivity index (χ3v) is 4.00. The summed E-state index contributed by atoms with van der Waals surface area (Å²) in [5.74, 6) is -0.367. The number of hydrogen-bond donors (Lipinski definition) is 1. The van der Waals surface area contributed by atoms with Crippen molar-refractivity contribution in [3.8, 4) is 0 Å². The lowest BCUT2D eigenvalue weighted by Crippen LogP contribution is -2.56. The lowest BCUT2D eigenvalue weighted by Gasteiger charge is -2.31. The Kier molecular flexibility index (Phi) is 3.28. The van der Waals surface area contributed by atoms with Gasteiger partial charge in [0.1, 0.15) is 6.04 Å². The van der Waals surface area contributed by atoms with E-state index in [1.807, 2.05) is 0 Å². The average Bonchev–Trinajstić information content (AvgIpc) is 2.09. The van der Waals surface area contributed by atoms with E-state index in [4.69, 9.17) is 0 Å². The molecule has 80 valence electrons. The van der Waals surface area contributed by atoms with Gasteiger partial charge in [-0.15, -0.1) is 6.58 Å². The van der Waals surface area contributed by atoms with Crippen LogP contribution in [0.2, 0.25) is 0 Å². The Balaban J connectivity index is 2.86. The van der Waals surface area contributed by atoms with Gasteiger partial charge in [0, 0.05) is 13.1 Å². The van der Waals surface area contributed by atoms with Gasteiger partial charge in [-0.3, -0.25) is 4.79 Å². The highest BCUT2D eigenvalue weighted by Crippen LogP contribution is 2.10. The van der Waals surface area contributed by atoms with Crippen molar-refractivity contribution in [2.24, 2.45) is 0 Å². The van der Waals surface area contributed by atoms with Crippen LogP contribution in [0.1, 0.15) is 6.92 Å². The van der Waals surface area contributed by atoms with Gasteiger partial charge in [0.25, 0.3) is 0 Å². The molecular weight excluding hydrogens is 204 g/mol. The fourth-order valence-electron chi connectivity index (χ4n) is 1.39. The number of nitrogens with zero attached hydrogens (tertiary/aromatic N) is 1. The topological polar surface area (TPSA) is 66.5 Å². The summed E-state index contributed by atoms with van der Waals surface area (Å²) in [7, 11) is -3.36. The summed E-state index contributed by atoms with van der Waals surface area (Å²) >= 11 is 0. The number of nitrogens with one attached hydrogen (secondary N) is 1. The summed E-state index contributed by atoms with van der Waals surface area (Å²) in [6.45, 7) is 5.67. The maximum atomic E-state index is 11.6. The highest BCUT2D eigenvalue weighted by Gasteiger charge is 2.33. The van der Waals surface area contributed by atoms with Crippen molar-refractivity contribution in [1.29, 1.82) is 0 Å². The summed E-state index contributed by atoms with van der Waals surface area (Å²) in [6.07, 6.45) is 1.33. The average molecular weight is 218 g/mol. The molecule has 1 heterocycles. The first-order valence-corrected chi connectivity index (χ1v) is 5.98. The summed E-state index contributed by atoms with van der Waals surface area (Å²) in [4.78, 5) is 11.2. The van der Waals surface area contributed by atoms with Crippen LogP contribution in [0.25, 0.3) is 0 Å². The molecule has 14 heavy (non-hydrogen) atoms. The number of amides is 1. The second kappa shape index (κ2) is 4.10. The molecule has 1 amide bonds. The number of carbonyl (C=O) groups is 1. The Hall–Kier alpha value is -0.880. The maximum Gasteiger partial charge on any atom is 0.238 e. The number of piperazine rings is 1. The molecule has 1 atom stereocenters. The Morgan fingerprint density at radius 1 is 1.71 bits per heavy atom. The van der Waals surface area contributed by atoms with E-state index in [0.717, 1.165) is 0 Å². The number of hydrogen-bond acceptors (Lipinski definition) is 3. The van der Waals surface area contributed by atoms with Gasteiger partial charge in [-0.2, -0.15) is 4.31 Å². The summed E-state index contributed by atoms with van der Waals surface area (Å²) < 4.78 is 24.4. The van der Waals surface area contributed by atoms with Crippen LogP contribution in [0.5, 0.6) is 0 Å². The van der Waals surface area contributed by atoms with Gasteiger partial charge in [-0.05, 0) is 6.92 Å². The minimum absolute atomic E-state index is 0.120. The normalized spacial score (nSPS) is 24.4. The quantitative estimate of drug-likeness (QED) is 0.638. The van der Waals surface area contributed by atoms with Crippen molar-refractivity contribution >= 4 is 15.9 Å². The molecule has 0 aromatic heterocycles. The van der Waals surface area contributed by atoms with Crippen molar-refractivity contribution < 1.29 is 13.2 Å². The molecule has 1 fully saturated rings. The van der Waals surface area contributed by atoms with Gasteiger partial charge in [0.2, 0.25) is 15.9 Å². The molecule has 1 unspecified atom stereocenters. The molecule has 0 saturated carbocycles. The van der Waals surface area contributed by atoms with Crippen molar-refractivity contribution in [2.75, 3.05) is 18.8 Å². The number of sulfonamides is 1. The van der Waals surface area contributed by atoms with Crippen LogP contribution in [-0.2, 0) is 14.8 Å². The molecule has 0 aliphatic carbocycles. The zero-order chi connectivity index (χ0) is 10.8. The van der Waals surface area contributed by atoms with Gasteiger partial charge in [0.15, 0.2) is 0 Å². The molecule has 0 spiro atoms. The summed E-state index contributed by atoms with van der Waals surface area (Å²) in [5.41, 5.74) is 0. The Bertz CT molecular complexity index is 336. The standard InChI is InChI=1S/C8H14N2O3S/c1-3-6-14(12,13)10-5-4-9-8(11)7(10)2/h3,7H,1,4-6H2,2H3,(H,9,11). The third-order valence-electron chi connectivity index (χ3n) is 2.13. The predicted molar refractivity (Wildman–Crippen MR) is 53.2 cm³/mol. The Morgan fingerprint density at radius 2 is 2.36 bits per heavy atom. The molecular formula is C8H14N2O3S. The molecule has 0 bridgehead atoms. The third kappa shape index (κ3) is 2.13. The van der Waals surface area contributed by atoms with Crippen LogP contribution in [0.4, 0.5) is 0 Å². The van der Waals surface area contributed by atoms with Crippen molar-refractivity contribution in [3.63, 3.8) is 0 Å². The van der Waals surface area contributed by atoms with Crippen LogP contribution in [0.15, 0.2) is 12.7 Å². The van der Waals surface area contributed by atoms with E-state index >= 15 is 0 Å². The summed E-state index contributed by atoms with van der Waals surface area (Å²) in [6, 6.07) is -0.617. The zero-order valence-corrected chi connectivity index (χ0v) is 8.88. The molecule has 1 N–H and O–H groups in total. The van der Waals surface area contributed by atoms with E-state index < -0.39 is 16.1 Å². The molecule has 1 saturated heterocycles. The maximum absolute atomic E-state index is 11.6. The second-order valence-electron chi connectivity index (χ2n) is 3.14. The minimum atomic E-state index is -3.36. The second-order valence-corrected chi connectivity index (χ2v) is 5.11. The molecule has 6 heteroatoms. The van der Waals surface area contributed by atoms with Crippen LogP contribution < -0.4 is 5.32 Å². The van der Waals surface area contributed by atoms with Gasteiger partial charge in [0.05, 0.1) is 5.75 Å². The van der Waals surface area contributed by atoms with E-state index in [2.05, 4.69) is 11.9 Å². The molecule has 1 aliphatic heterocycles. The molecule has 1 rings (SSSR count). The van der Waals surface area contributed by atoms with E-state index in [1.54, 1.807) is 6.92 Å². The first-order valence-electron chi connectivity index (χ1n) is 4.37. The monoisotopic (exact) mass is 218 g/mol. The Morgan fingerprint density at radius 3 is 2.93 bits per heavy atom. The van der Waals surface area contributed by atoms with Gasteiger partial charge in [-0.25, -0.2) is 8.42 Å². The largest absolute Gasteiger partial charge is 0.353 e. The van der Waals surface area contributed by atoms with Crippen molar-refractivity contribution in [3.05, 3.63) is 12.7 Å². The van der Waals surface area contributed by atoms with Crippen LogP contribution in [0, 0.1) is 0 Å². The lowest BCUT2D eigenvalue weighted by molar-refractivity contribution is -0.126. The van der Waals surface area contributed by atoms with E-state index in [1.165, 1.54) is 10.4 Å². The fourth-order valence-corrected chi connectivity index (χ4v) is 2.82. The molecule has 0 aromatic carbocycles. The van der Waals surface area contributed by atoms with E-state index in [0.29, 0.717) is 13.1 Å². The van der Waals surface area contributed by atoms with E-state index in [9.17, 15) is 13.2 Å². The molecule has 1 aliphatic rings. The van der Waals surface area contributed by atoms with Crippen LogP contribution in [0.3, 0.4) is 0 Å². The smallest absolute Gasteiger partial charge is 0.238 e. The van der Waals surface area contributed by atoms with Crippen LogP contribution >= 0.6 is 0 Å². The molecule has 5 nitrogen and oxygen atoms in total. The predicted octanol–water partition coefficient (Wildman–Crippen LogP) is -0.677. The van der Waals surface area contributed by atoms with Crippen LogP contribution in [-0.4, -0.2) is 43.5 Å². The van der Waals surface area contributed by atoms with Crippen molar-refractivity contribution in [2.45, 2.75) is 13.0 Å².